The van der Waals surface area contributed by atoms with E-state index in [1.54, 1.807) is 19.1 Å². The first-order chi connectivity index (χ1) is 23.3. The minimum Gasteiger partial charge on any atom is -0.396 e. The van der Waals surface area contributed by atoms with E-state index in [0.29, 0.717) is 48.9 Å². The second-order valence-electron chi connectivity index (χ2n) is 12.9. The van der Waals surface area contributed by atoms with Crippen LogP contribution in [0.4, 0.5) is 18.9 Å². The molecule has 0 fully saturated rings. The summed E-state index contributed by atoms with van der Waals surface area (Å²) < 4.78 is 77.5. The first kappa shape index (κ1) is 38.0. The first-order valence-corrected chi connectivity index (χ1v) is 17.9. The normalized spacial score (nSPS) is 19.2. The molecule has 4 N–H and O–H groups in total. The predicted octanol–water partition coefficient (Wildman–Crippen LogP) is 7.29. The molecule has 0 spiro atoms. The minimum atomic E-state index is -4.57. The summed E-state index contributed by atoms with van der Waals surface area (Å²) in [6.45, 7) is 13.0. The summed E-state index contributed by atoms with van der Waals surface area (Å²) in [6.07, 6.45) is 5.34. The molecule has 1 aliphatic rings. The summed E-state index contributed by atoms with van der Waals surface area (Å²) >= 11 is 0. The van der Waals surface area contributed by atoms with E-state index in [1.807, 2.05) is 6.92 Å². The average Bonchev–Trinajstić information content (AvgIpc) is 3.20. The molecule has 0 saturated heterocycles. The molecule has 3 aromatic rings. The van der Waals surface area contributed by atoms with Crippen LogP contribution in [0.25, 0.3) is 16.7 Å². The van der Waals surface area contributed by atoms with Crippen LogP contribution >= 0.6 is 0 Å². The van der Waals surface area contributed by atoms with Gasteiger partial charge < -0.3 is 20.3 Å². The molecular formula is C38H45F3N2O5S. The molecular weight excluding hydrogens is 653 g/mol. The number of hydrogen-bond donors (Lipinski definition) is 4. The number of allylic oxidation sites excluding steroid dienone is 2. The quantitative estimate of drug-likeness (QED) is 0.0574. The van der Waals surface area contributed by atoms with Crippen LogP contribution in [0.3, 0.4) is 0 Å². The molecule has 2 unspecified atom stereocenters. The summed E-state index contributed by atoms with van der Waals surface area (Å²) in [5.41, 5.74) is -0.339. The Bertz CT molecular complexity index is 1850. The molecule has 0 saturated carbocycles. The summed E-state index contributed by atoms with van der Waals surface area (Å²) in [5, 5.41) is 22.1. The van der Waals surface area contributed by atoms with Crippen LogP contribution in [0.5, 0.6) is 0 Å². The summed E-state index contributed by atoms with van der Waals surface area (Å²) in [5.74, 6) is -3.10. The molecule has 11 heteroatoms. The minimum absolute atomic E-state index is 0.0269. The fraction of sp³-hybridized carbons (Fsp3) is 0.395. The van der Waals surface area contributed by atoms with Gasteiger partial charge in [0.05, 0.1) is 22.6 Å². The molecule has 0 radical (unpaired) electrons. The molecule has 264 valence electrons. The van der Waals surface area contributed by atoms with Crippen LogP contribution in [0.15, 0.2) is 60.5 Å². The van der Waals surface area contributed by atoms with Crippen molar-refractivity contribution in [2.45, 2.75) is 75.7 Å². The first-order valence-electron chi connectivity index (χ1n) is 16.4. The molecule has 4 rings (SSSR count). The van der Waals surface area contributed by atoms with Gasteiger partial charge in [-0.25, -0.2) is 21.6 Å². The van der Waals surface area contributed by atoms with E-state index in [-0.39, 0.29) is 52.8 Å². The van der Waals surface area contributed by atoms with Gasteiger partial charge >= 0.3 is 0 Å². The van der Waals surface area contributed by atoms with Crippen molar-refractivity contribution in [3.8, 4) is 11.1 Å². The van der Waals surface area contributed by atoms with Gasteiger partial charge in [0.1, 0.15) is 17.9 Å². The number of fused-ring (bicyclic) bond motifs is 1. The number of aldehydes is 1. The lowest BCUT2D eigenvalue weighted by Gasteiger charge is -2.32. The van der Waals surface area contributed by atoms with Crippen LogP contribution in [-0.2, 0) is 26.8 Å². The average molecular weight is 699 g/mol. The summed E-state index contributed by atoms with van der Waals surface area (Å²) in [6, 6.07) is 7.53. The van der Waals surface area contributed by atoms with E-state index in [0.717, 1.165) is 24.8 Å². The van der Waals surface area contributed by atoms with Crippen molar-refractivity contribution >= 4 is 27.6 Å². The molecule has 7 nitrogen and oxygen atoms in total. The fourth-order valence-electron chi connectivity index (χ4n) is 7.02. The zero-order valence-corrected chi connectivity index (χ0v) is 29.0. The standard InChI is InChI=1S/C38H45F3N2O5S/c1-6-9-26-16-25(7-2)19-38(22-46,21-42-14-8-15-44)31-12-10-30(36(40)34(26)31)35-29(23(3)4)11-13-32(37(35)41)43-49(47,48)33-18-28(39)17-27(20-45)24(33)5/h7,10-13,17-18,22,25-26,42-45H,2-3,6,8-9,14-16,19-21H2,1,4-5H3/t25?,26-,38?/m0/s1. The van der Waals surface area contributed by atoms with Crippen LogP contribution in [-0.4, -0.2) is 44.6 Å². The zero-order chi connectivity index (χ0) is 36.1. The lowest BCUT2D eigenvalue weighted by molar-refractivity contribution is -0.113. The molecule has 0 aromatic heterocycles. The van der Waals surface area contributed by atoms with Gasteiger partial charge in [-0.3, -0.25) is 4.72 Å². The number of sulfonamides is 1. The Balaban J connectivity index is 1.95. The van der Waals surface area contributed by atoms with Crippen LogP contribution in [0, 0.1) is 30.3 Å². The molecule has 1 aliphatic carbocycles. The van der Waals surface area contributed by atoms with Gasteiger partial charge in [-0.05, 0) is 104 Å². The number of carbonyl (C=O) groups is 1. The van der Waals surface area contributed by atoms with Crippen LogP contribution < -0.4 is 10.0 Å². The van der Waals surface area contributed by atoms with E-state index in [1.165, 1.54) is 25.1 Å². The highest BCUT2D eigenvalue weighted by atomic mass is 32.2. The highest BCUT2D eigenvalue weighted by Crippen LogP contribution is 2.48. The fourth-order valence-corrected chi connectivity index (χ4v) is 8.37. The second kappa shape index (κ2) is 15.8. The number of anilines is 1. The highest BCUT2D eigenvalue weighted by molar-refractivity contribution is 7.92. The number of aliphatic hydroxyl groups excluding tert-OH is 2. The van der Waals surface area contributed by atoms with E-state index >= 15 is 8.78 Å². The monoisotopic (exact) mass is 698 g/mol. The highest BCUT2D eigenvalue weighted by Gasteiger charge is 2.42. The third-order valence-electron chi connectivity index (χ3n) is 9.49. The zero-order valence-electron chi connectivity index (χ0n) is 28.2. The van der Waals surface area contributed by atoms with Crippen molar-refractivity contribution in [2.75, 3.05) is 24.4 Å². The van der Waals surface area contributed by atoms with Gasteiger partial charge in [-0.15, -0.1) is 6.58 Å². The van der Waals surface area contributed by atoms with Crippen LogP contribution in [0.2, 0.25) is 0 Å². The third-order valence-corrected chi connectivity index (χ3v) is 11.0. The number of aliphatic hydroxyl groups is 2. The molecule has 0 amide bonds. The van der Waals surface area contributed by atoms with Gasteiger partial charge in [0.25, 0.3) is 10.0 Å². The Morgan fingerprint density at radius 3 is 2.47 bits per heavy atom. The molecule has 3 atom stereocenters. The largest absolute Gasteiger partial charge is 0.396 e. The van der Waals surface area contributed by atoms with Gasteiger partial charge in [0, 0.05) is 24.3 Å². The second-order valence-corrected chi connectivity index (χ2v) is 14.6. The smallest absolute Gasteiger partial charge is 0.262 e. The maximum Gasteiger partial charge on any atom is 0.262 e. The lowest BCUT2D eigenvalue weighted by Crippen LogP contribution is -2.41. The number of hydrogen-bond acceptors (Lipinski definition) is 6. The number of benzene rings is 3. The Kier molecular flexibility index (Phi) is 12.3. The van der Waals surface area contributed by atoms with Crippen molar-refractivity contribution in [3.05, 3.63) is 101 Å². The summed E-state index contributed by atoms with van der Waals surface area (Å²) in [7, 11) is -4.57. The Morgan fingerprint density at radius 2 is 1.86 bits per heavy atom. The molecule has 0 heterocycles. The van der Waals surface area contributed by atoms with Crippen molar-refractivity contribution in [1.29, 1.82) is 0 Å². The Labute approximate surface area is 287 Å². The molecule has 0 aliphatic heterocycles. The maximum atomic E-state index is 17.3. The van der Waals surface area contributed by atoms with Crippen molar-refractivity contribution < 1.29 is 36.6 Å². The molecule has 3 aromatic carbocycles. The molecule has 49 heavy (non-hydrogen) atoms. The maximum absolute atomic E-state index is 17.3. The van der Waals surface area contributed by atoms with Crippen molar-refractivity contribution in [3.63, 3.8) is 0 Å². The predicted molar refractivity (Wildman–Crippen MR) is 187 cm³/mol. The number of halogens is 3. The van der Waals surface area contributed by atoms with Crippen molar-refractivity contribution in [2.24, 2.45) is 5.92 Å². The van der Waals surface area contributed by atoms with Crippen LogP contribution in [0.1, 0.15) is 79.7 Å². The van der Waals surface area contributed by atoms with Gasteiger partial charge in [-0.1, -0.05) is 49.8 Å². The number of rotatable bonds is 15. The number of carbonyl (C=O) groups excluding carboxylic acids is 1. The van der Waals surface area contributed by atoms with E-state index in [4.69, 9.17) is 0 Å². The van der Waals surface area contributed by atoms with Gasteiger partial charge in [0.2, 0.25) is 0 Å². The van der Waals surface area contributed by atoms with E-state index in [2.05, 4.69) is 23.2 Å². The number of nitrogens with one attached hydrogen (secondary N) is 2. The van der Waals surface area contributed by atoms with E-state index < -0.39 is 50.1 Å². The third kappa shape index (κ3) is 7.70. The van der Waals surface area contributed by atoms with E-state index in [9.17, 15) is 27.8 Å². The molecule has 0 bridgehead atoms. The lowest BCUT2D eigenvalue weighted by atomic mass is 9.73. The van der Waals surface area contributed by atoms with Gasteiger partial charge in [-0.2, -0.15) is 0 Å². The Morgan fingerprint density at radius 1 is 1.12 bits per heavy atom. The Hall–Kier alpha value is -3.77. The summed E-state index contributed by atoms with van der Waals surface area (Å²) in [4.78, 5) is 12.5. The van der Waals surface area contributed by atoms with Gasteiger partial charge in [0.15, 0.2) is 5.82 Å². The van der Waals surface area contributed by atoms with Crippen molar-refractivity contribution in [1.82, 2.24) is 5.32 Å². The SMILES string of the molecule is C=CC1C[C@H](CCC)c2c(ccc(-c3c(C(=C)C)ccc(NS(=O)(=O)c4cc(F)cc(CO)c4C)c3F)c2F)C(C=O)(CNCCCO)C1. The topological polar surface area (TPSA) is 116 Å².